The quantitative estimate of drug-likeness (QED) is 0.199. The highest BCUT2D eigenvalue weighted by atomic mass is 32.2. The average molecular weight is 370 g/mol. The number of ether oxygens (including phenoxy) is 1. The molecule has 0 bridgehead atoms. The molecule has 0 saturated heterocycles. The monoisotopic (exact) mass is 369 g/mol. The Kier molecular flexibility index (Phi) is 12.2. The van der Waals surface area contributed by atoms with E-state index in [0.717, 1.165) is 55.6 Å². The number of carbonyl (C=O) groups excluding carboxylic acids is 1. The minimum Gasteiger partial charge on any atom is -0.494 e. The van der Waals surface area contributed by atoms with Gasteiger partial charge in [0, 0.05) is 11.5 Å². The van der Waals surface area contributed by atoms with Crippen molar-refractivity contribution in [2.75, 3.05) is 13.2 Å². The molecule has 6 heteroatoms. The van der Waals surface area contributed by atoms with Crippen LogP contribution in [0, 0.1) is 0 Å². The van der Waals surface area contributed by atoms with Gasteiger partial charge in [-0.05, 0) is 49.9 Å². The fourth-order valence-corrected chi connectivity index (χ4v) is 3.50. The highest BCUT2D eigenvalue weighted by molar-refractivity contribution is 8.00. The van der Waals surface area contributed by atoms with Crippen LogP contribution < -0.4 is 10.2 Å². The van der Waals surface area contributed by atoms with Gasteiger partial charge in [-0.15, -0.1) is 11.8 Å². The van der Waals surface area contributed by atoms with Crippen LogP contribution in [0.15, 0.2) is 29.2 Å². The molecule has 0 spiro atoms. The molecule has 0 fully saturated rings. The minimum absolute atomic E-state index is 0.229. The lowest BCUT2D eigenvalue weighted by Gasteiger charge is -2.15. The molecule has 1 amide bonds. The van der Waals surface area contributed by atoms with E-state index >= 15 is 0 Å². The summed E-state index contributed by atoms with van der Waals surface area (Å²) < 4.78 is 5.66. The fourth-order valence-electron chi connectivity index (χ4n) is 2.43. The van der Waals surface area contributed by atoms with Gasteiger partial charge in [-0.3, -0.25) is 10.0 Å². The summed E-state index contributed by atoms with van der Waals surface area (Å²) in [4.78, 5) is 12.8. The van der Waals surface area contributed by atoms with Crippen LogP contribution in [0.2, 0.25) is 0 Å². The molecule has 1 unspecified atom stereocenters. The second-order valence-electron chi connectivity index (χ2n) is 6.04. The van der Waals surface area contributed by atoms with E-state index in [1.165, 1.54) is 18.2 Å². The van der Waals surface area contributed by atoms with E-state index < -0.39 is 0 Å². The minimum atomic E-state index is -0.342. The number of rotatable bonds is 14. The molecule has 0 aromatic heterocycles. The molecule has 1 aromatic rings. The van der Waals surface area contributed by atoms with Crippen molar-refractivity contribution in [3.8, 4) is 5.75 Å². The normalized spacial score (nSPS) is 12.0. The van der Waals surface area contributed by atoms with Gasteiger partial charge >= 0.3 is 0 Å². The zero-order valence-electron chi connectivity index (χ0n) is 15.1. The van der Waals surface area contributed by atoms with Crippen LogP contribution in [0.3, 0.4) is 0 Å². The van der Waals surface area contributed by atoms with Crippen molar-refractivity contribution in [2.24, 2.45) is 0 Å². The number of carbonyl (C=O) groups is 1. The molecule has 0 aliphatic heterocycles. The third-order valence-electron chi connectivity index (χ3n) is 3.90. The van der Waals surface area contributed by atoms with Gasteiger partial charge in [0.2, 0.25) is 0 Å². The highest BCUT2D eigenvalue weighted by Crippen LogP contribution is 2.28. The molecule has 25 heavy (non-hydrogen) atoms. The first kappa shape index (κ1) is 21.8. The van der Waals surface area contributed by atoms with Gasteiger partial charge in [-0.2, -0.15) is 0 Å². The predicted molar refractivity (Wildman–Crippen MR) is 101 cm³/mol. The molecule has 1 aromatic carbocycles. The van der Waals surface area contributed by atoms with Crippen LogP contribution in [0.4, 0.5) is 0 Å². The number of amides is 1. The largest absolute Gasteiger partial charge is 0.494 e. The van der Waals surface area contributed by atoms with E-state index in [0.29, 0.717) is 6.61 Å². The number of thioether (sulfide) groups is 1. The molecule has 0 saturated carbocycles. The zero-order valence-corrected chi connectivity index (χ0v) is 15.9. The maximum absolute atomic E-state index is 11.9. The summed E-state index contributed by atoms with van der Waals surface area (Å²) in [5, 5.41) is 17.4. The topological polar surface area (TPSA) is 78.8 Å². The van der Waals surface area contributed by atoms with Gasteiger partial charge in [0.15, 0.2) is 0 Å². The van der Waals surface area contributed by atoms with Crippen molar-refractivity contribution in [1.29, 1.82) is 0 Å². The fraction of sp³-hybridized carbons (Fsp3) is 0.632. The molecular formula is C19H31NO4S. The number of hydroxylamine groups is 1. The Hall–Kier alpha value is -1.24. The summed E-state index contributed by atoms with van der Waals surface area (Å²) in [5.41, 5.74) is 1.78. The van der Waals surface area contributed by atoms with E-state index in [9.17, 15) is 4.79 Å². The second-order valence-corrected chi connectivity index (χ2v) is 7.31. The Morgan fingerprint density at radius 2 is 1.84 bits per heavy atom. The highest BCUT2D eigenvalue weighted by Gasteiger charge is 2.19. The molecule has 5 nitrogen and oxygen atoms in total. The van der Waals surface area contributed by atoms with Gasteiger partial charge in [0.25, 0.3) is 5.91 Å². The predicted octanol–water partition coefficient (Wildman–Crippen LogP) is 4.16. The molecule has 1 rings (SSSR count). The Labute approximate surface area is 155 Å². The molecule has 0 radical (unpaired) electrons. The molecule has 0 heterocycles. The maximum Gasteiger partial charge on any atom is 0.256 e. The molecular weight excluding hydrogens is 338 g/mol. The van der Waals surface area contributed by atoms with E-state index in [-0.39, 0.29) is 17.8 Å². The van der Waals surface area contributed by atoms with E-state index in [2.05, 4.69) is 6.92 Å². The maximum atomic E-state index is 11.9. The van der Waals surface area contributed by atoms with E-state index in [1.807, 2.05) is 24.3 Å². The third-order valence-corrected chi connectivity index (χ3v) is 5.17. The lowest BCUT2D eigenvalue weighted by Crippen LogP contribution is -2.30. The molecule has 3 N–H and O–H groups in total. The Balaban J connectivity index is 2.44. The zero-order chi connectivity index (χ0) is 18.3. The van der Waals surface area contributed by atoms with Crippen LogP contribution in [0.1, 0.15) is 58.3 Å². The van der Waals surface area contributed by atoms with Gasteiger partial charge in [-0.1, -0.05) is 32.6 Å². The summed E-state index contributed by atoms with van der Waals surface area (Å²) >= 11 is 1.47. The number of nitrogens with one attached hydrogen (secondary N) is 1. The van der Waals surface area contributed by atoms with Crippen LogP contribution in [-0.4, -0.2) is 34.7 Å². The van der Waals surface area contributed by atoms with Gasteiger partial charge < -0.3 is 9.84 Å². The van der Waals surface area contributed by atoms with Crippen LogP contribution >= 0.6 is 11.8 Å². The molecule has 1 atom stereocenters. The van der Waals surface area contributed by atoms with E-state index in [1.54, 1.807) is 5.48 Å². The number of unbranched alkanes of at least 4 members (excludes halogenated alkanes) is 5. The Morgan fingerprint density at radius 1 is 1.12 bits per heavy atom. The average Bonchev–Trinajstić information content (AvgIpc) is 2.64. The molecule has 0 aliphatic carbocycles. The first-order valence-corrected chi connectivity index (χ1v) is 10.0. The second kappa shape index (κ2) is 14.0. The van der Waals surface area contributed by atoms with Crippen LogP contribution in [0.5, 0.6) is 5.75 Å². The number of hydrogen-bond donors (Lipinski definition) is 3. The lowest BCUT2D eigenvalue weighted by atomic mass is 10.1. The SMILES string of the molecule is CCCCCCC(Sc1ccc(OCCCCCO)cc1)C(=O)NO. The standard InChI is InChI=1S/C19H31NO4S/c1-2-3-4-6-9-18(19(22)20-23)25-17-12-10-16(11-13-17)24-15-8-5-7-14-21/h10-13,18,21,23H,2-9,14-15H2,1H3,(H,20,22). The van der Waals surface area contributed by atoms with Crippen molar-refractivity contribution in [3.63, 3.8) is 0 Å². The first-order valence-electron chi connectivity index (χ1n) is 9.15. The summed E-state index contributed by atoms with van der Waals surface area (Å²) in [5.74, 6) is 0.463. The van der Waals surface area contributed by atoms with Crippen molar-refractivity contribution < 1.29 is 19.8 Å². The van der Waals surface area contributed by atoms with Gasteiger partial charge in [0.1, 0.15) is 5.75 Å². The van der Waals surface area contributed by atoms with Crippen molar-refractivity contribution >= 4 is 17.7 Å². The van der Waals surface area contributed by atoms with E-state index in [4.69, 9.17) is 15.1 Å². The van der Waals surface area contributed by atoms with Crippen molar-refractivity contribution in [2.45, 2.75) is 68.4 Å². The van der Waals surface area contributed by atoms with Crippen LogP contribution in [-0.2, 0) is 4.79 Å². The summed E-state index contributed by atoms with van der Waals surface area (Å²) in [6, 6.07) is 7.69. The Morgan fingerprint density at radius 3 is 2.48 bits per heavy atom. The van der Waals surface area contributed by atoms with Crippen molar-refractivity contribution in [1.82, 2.24) is 5.48 Å². The smallest absolute Gasteiger partial charge is 0.256 e. The summed E-state index contributed by atoms with van der Waals surface area (Å²) in [6.07, 6.45) is 7.86. The number of aliphatic hydroxyl groups is 1. The van der Waals surface area contributed by atoms with Crippen molar-refractivity contribution in [3.05, 3.63) is 24.3 Å². The summed E-state index contributed by atoms with van der Waals surface area (Å²) in [6.45, 7) is 3.02. The van der Waals surface area contributed by atoms with Crippen LogP contribution in [0.25, 0.3) is 0 Å². The lowest BCUT2D eigenvalue weighted by molar-refractivity contribution is -0.128. The van der Waals surface area contributed by atoms with Gasteiger partial charge in [0.05, 0.1) is 11.9 Å². The number of hydrogen-bond acceptors (Lipinski definition) is 5. The summed E-state index contributed by atoms with van der Waals surface area (Å²) in [7, 11) is 0. The Bertz CT molecular complexity index is 467. The first-order chi connectivity index (χ1) is 12.2. The molecule has 0 aliphatic rings. The molecule has 142 valence electrons. The number of benzene rings is 1. The number of aliphatic hydroxyl groups excluding tert-OH is 1. The van der Waals surface area contributed by atoms with Gasteiger partial charge in [-0.25, -0.2) is 5.48 Å². The third kappa shape index (κ3) is 9.72.